The molecule has 3 rings (SSSR count). The molecule has 1 amide bonds. The lowest BCUT2D eigenvalue weighted by atomic mass is 10.2. The van der Waals surface area contributed by atoms with Crippen molar-refractivity contribution in [2.75, 3.05) is 26.2 Å². The van der Waals surface area contributed by atoms with Crippen LogP contribution in [0.3, 0.4) is 0 Å². The minimum Gasteiger partial charge on any atom is -0.336 e. The van der Waals surface area contributed by atoms with E-state index in [1.807, 2.05) is 0 Å². The molecule has 1 aliphatic heterocycles. The zero-order valence-electron chi connectivity index (χ0n) is 14.4. The molecule has 0 atom stereocenters. The van der Waals surface area contributed by atoms with E-state index in [4.69, 9.17) is 11.6 Å². The van der Waals surface area contributed by atoms with Gasteiger partial charge in [0.2, 0.25) is 10.0 Å². The first-order valence-corrected chi connectivity index (χ1v) is 9.99. The zero-order chi connectivity index (χ0) is 20.5. The van der Waals surface area contributed by atoms with Crippen LogP contribution in [0.15, 0.2) is 47.5 Å². The number of aromatic nitrogens is 1. The average molecular weight is 434 g/mol. The van der Waals surface area contributed by atoms with Gasteiger partial charge in [0, 0.05) is 32.4 Å². The highest BCUT2D eigenvalue weighted by molar-refractivity contribution is 7.89. The molecule has 1 saturated heterocycles. The monoisotopic (exact) mass is 433 g/mol. The highest BCUT2D eigenvalue weighted by Crippen LogP contribution is 2.30. The quantitative estimate of drug-likeness (QED) is 0.698. The van der Waals surface area contributed by atoms with E-state index in [9.17, 15) is 26.4 Å². The number of nitrogens with zero attached hydrogens (tertiary/aromatic N) is 3. The lowest BCUT2D eigenvalue weighted by molar-refractivity contribution is -0.137. The standard InChI is InChI=1S/C17H15ClF3N3O3S/c18-15-6-1-12(11-22-15)16(25)23-7-9-24(10-8-23)28(26,27)14-4-2-13(3-5-14)17(19,20)21/h1-6,11H,7-10H2. The van der Waals surface area contributed by atoms with Crippen LogP contribution in [0.25, 0.3) is 0 Å². The molecule has 1 aliphatic rings. The molecule has 0 bridgehead atoms. The number of amides is 1. The third kappa shape index (κ3) is 4.29. The van der Waals surface area contributed by atoms with Crippen LogP contribution in [-0.2, 0) is 16.2 Å². The third-order valence-electron chi connectivity index (χ3n) is 4.32. The fourth-order valence-corrected chi connectivity index (χ4v) is 4.32. The lowest BCUT2D eigenvalue weighted by Gasteiger charge is -2.34. The summed E-state index contributed by atoms with van der Waals surface area (Å²) in [6.45, 7) is 0.384. The Labute approximate surface area is 164 Å². The van der Waals surface area contributed by atoms with Crippen molar-refractivity contribution in [1.29, 1.82) is 0 Å². The number of benzene rings is 1. The van der Waals surface area contributed by atoms with Crippen LogP contribution in [0.2, 0.25) is 5.15 Å². The fraction of sp³-hybridized carbons (Fsp3) is 0.294. The second kappa shape index (κ2) is 7.69. The normalized spacial score (nSPS) is 16.2. The summed E-state index contributed by atoms with van der Waals surface area (Å²) in [4.78, 5) is 17.6. The molecular weight excluding hydrogens is 419 g/mol. The van der Waals surface area contributed by atoms with Gasteiger partial charge in [0.1, 0.15) is 5.15 Å². The highest BCUT2D eigenvalue weighted by atomic mass is 35.5. The molecule has 11 heteroatoms. The Morgan fingerprint density at radius 3 is 2.11 bits per heavy atom. The SMILES string of the molecule is O=C(c1ccc(Cl)nc1)N1CCN(S(=O)(=O)c2ccc(C(F)(F)F)cc2)CC1. The second-order valence-corrected chi connectivity index (χ2v) is 8.41. The van der Waals surface area contributed by atoms with Crippen LogP contribution < -0.4 is 0 Å². The molecular formula is C17H15ClF3N3O3S. The van der Waals surface area contributed by atoms with Gasteiger partial charge in [-0.15, -0.1) is 0 Å². The maximum absolute atomic E-state index is 12.6. The number of alkyl halides is 3. The number of hydrogen-bond acceptors (Lipinski definition) is 4. The third-order valence-corrected chi connectivity index (χ3v) is 6.46. The summed E-state index contributed by atoms with van der Waals surface area (Å²) in [5.74, 6) is -0.296. The summed E-state index contributed by atoms with van der Waals surface area (Å²) in [6.07, 6.45) is -3.19. The van der Waals surface area contributed by atoms with Crippen molar-refractivity contribution in [2.45, 2.75) is 11.1 Å². The first-order valence-electron chi connectivity index (χ1n) is 8.17. The Hall–Kier alpha value is -2.17. The van der Waals surface area contributed by atoms with E-state index in [0.717, 1.165) is 28.6 Å². The van der Waals surface area contributed by atoms with Crippen LogP contribution >= 0.6 is 11.6 Å². The van der Waals surface area contributed by atoms with Crippen molar-refractivity contribution in [2.24, 2.45) is 0 Å². The summed E-state index contributed by atoms with van der Waals surface area (Å²) in [5, 5.41) is 0.254. The van der Waals surface area contributed by atoms with Gasteiger partial charge in [-0.25, -0.2) is 13.4 Å². The minimum atomic E-state index is -4.54. The first-order chi connectivity index (χ1) is 13.1. The Bertz CT molecular complexity index is 956. The molecule has 0 saturated carbocycles. The van der Waals surface area contributed by atoms with E-state index in [1.165, 1.54) is 23.2 Å². The van der Waals surface area contributed by atoms with Gasteiger partial charge in [-0.3, -0.25) is 4.79 Å². The van der Waals surface area contributed by atoms with Gasteiger partial charge in [0.15, 0.2) is 0 Å². The average Bonchev–Trinajstić information content (AvgIpc) is 2.67. The molecule has 6 nitrogen and oxygen atoms in total. The Kier molecular flexibility index (Phi) is 5.64. The summed E-state index contributed by atoms with van der Waals surface area (Å²) in [5.41, 5.74) is -0.582. The molecule has 1 aromatic heterocycles. The zero-order valence-corrected chi connectivity index (χ0v) is 15.9. The number of carbonyl (C=O) groups excluding carboxylic acids is 1. The van der Waals surface area contributed by atoms with Gasteiger partial charge >= 0.3 is 6.18 Å². The number of pyridine rings is 1. The topological polar surface area (TPSA) is 70.6 Å². The molecule has 1 fully saturated rings. The summed E-state index contributed by atoms with van der Waals surface area (Å²) in [6, 6.07) is 6.37. The Morgan fingerprint density at radius 1 is 1.00 bits per heavy atom. The van der Waals surface area contributed by atoms with E-state index >= 15 is 0 Å². The number of carbonyl (C=O) groups is 1. The van der Waals surface area contributed by atoms with Crippen molar-refractivity contribution in [3.63, 3.8) is 0 Å². The number of halogens is 4. The van der Waals surface area contributed by atoms with Crippen LogP contribution in [0.5, 0.6) is 0 Å². The van der Waals surface area contributed by atoms with E-state index in [-0.39, 0.29) is 42.1 Å². The molecule has 1 aromatic carbocycles. The van der Waals surface area contributed by atoms with Crippen molar-refractivity contribution in [1.82, 2.24) is 14.2 Å². The molecule has 0 aliphatic carbocycles. The predicted octanol–water partition coefficient (Wildman–Crippen LogP) is 2.90. The molecule has 0 unspecified atom stereocenters. The maximum atomic E-state index is 12.6. The van der Waals surface area contributed by atoms with Crippen LogP contribution in [0.4, 0.5) is 13.2 Å². The Balaban J connectivity index is 1.68. The largest absolute Gasteiger partial charge is 0.416 e. The van der Waals surface area contributed by atoms with Gasteiger partial charge in [-0.1, -0.05) is 11.6 Å². The van der Waals surface area contributed by atoms with Crippen LogP contribution in [-0.4, -0.2) is 54.7 Å². The summed E-state index contributed by atoms with van der Waals surface area (Å²) >= 11 is 5.69. The van der Waals surface area contributed by atoms with E-state index in [0.29, 0.717) is 5.56 Å². The summed E-state index contributed by atoms with van der Waals surface area (Å²) < 4.78 is 64.4. The fourth-order valence-electron chi connectivity index (χ4n) is 2.78. The smallest absolute Gasteiger partial charge is 0.336 e. The van der Waals surface area contributed by atoms with Crippen LogP contribution in [0.1, 0.15) is 15.9 Å². The second-order valence-electron chi connectivity index (χ2n) is 6.09. The van der Waals surface area contributed by atoms with E-state index < -0.39 is 21.8 Å². The molecule has 2 aromatic rings. The van der Waals surface area contributed by atoms with E-state index in [1.54, 1.807) is 0 Å². The van der Waals surface area contributed by atoms with E-state index in [2.05, 4.69) is 4.98 Å². The predicted molar refractivity (Wildman–Crippen MR) is 95.4 cm³/mol. The van der Waals surface area contributed by atoms with Gasteiger partial charge in [-0.05, 0) is 36.4 Å². The number of sulfonamides is 1. The maximum Gasteiger partial charge on any atom is 0.416 e. The minimum absolute atomic E-state index is 0.0378. The number of rotatable bonds is 3. The highest BCUT2D eigenvalue weighted by Gasteiger charge is 2.33. The number of piperazine rings is 1. The molecule has 0 radical (unpaired) electrons. The van der Waals surface area contributed by atoms with Crippen molar-refractivity contribution >= 4 is 27.5 Å². The Morgan fingerprint density at radius 2 is 1.61 bits per heavy atom. The first kappa shape index (κ1) is 20.6. The van der Waals surface area contributed by atoms with Gasteiger partial charge in [-0.2, -0.15) is 17.5 Å². The molecule has 2 heterocycles. The van der Waals surface area contributed by atoms with Crippen molar-refractivity contribution in [3.05, 3.63) is 58.9 Å². The lowest BCUT2D eigenvalue weighted by Crippen LogP contribution is -2.50. The van der Waals surface area contributed by atoms with Crippen molar-refractivity contribution in [3.8, 4) is 0 Å². The summed E-state index contributed by atoms with van der Waals surface area (Å²) in [7, 11) is -3.95. The molecule has 150 valence electrons. The molecule has 0 N–H and O–H groups in total. The van der Waals surface area contributed by atoms with Crippen LogP contribution in [0, 0.1) is 0 Å². The molecule has 0 spiro atoms. The number of hydrogen-bond donors (Lipinski definition) is 0. The van der Waals surface area contributed by atoms with Gasteiger partial charge < -0.3 is 4.90 Å². The molecule has 28 heavy (non-hydrogen) atoms. The van der Waals surface area contributed by atoms with Crippen molar-refractivity contribution < 1.29 is 26.4 Å². The van der Waals surface area contributed by atoms with Gasteiger partial charge in [0.25, 0.3) is 5.91 Å². The van der Waals surface area contributed by atoms with Gasteiger partial charge in [0.05, 0.1) is 16.0 Å².